The largest absolute Gasteiger partial charge is 0.493 e. The van der Waals surface area contributed by atoms with Crippen LogP contribution in [0, 0.1) is 0 Å². The normalized spacial score (nSPS) is 10.5. The van der Waals surface area contributed by atoms with Crippen molar-refractivity contribution in [3.63, 3.8) is 0 Å². The average molecular weight is 310 g/mol. The standard InChI is InChI=1S/C16H26N2O4/c1-18(2)8-6-7-17-15(19)11-12-9-13(20-3)16(22-5)14(10-12)21-4/h9-10H,6-8,11H2,1-5H3,(H,17,19). The number of carbonyl (C=O) groups excluding carboxylic acids is 1. The molecule has 0 aromatic heterocycles. The first-order chi connectivity index (χ1) is 10.5. The Hall–Kier alpha value is -1.95. The molecule has 1 aromatic carbocycles. The van der Waals surface area contributed by atoms with E-state index in [9.17, 15) is 4.79 Å². The summed E-state index contributed by atoms with van der Waals surface area (Å²) in [6, 6.07) is 3.58. The van der Waals surface area contributed by atoms with Crippen LogP contribution in [-0.4, -0.2) is 59.3 Å². The predicted octanol–water partition coefficient (Wildman–Crippen LogP) is 1.32. The van der Waals surface area contributed by atoms with Crippen molar-refractivity contribution in [2.45, 2.75) is 12.8 Å². The maximum atomic E-state index is 12.0. The smallest absolute Gasteiger partial charge is 0.224 e. The maximum Gasteiger partial charge on any atom is 0.224 e. The molecule has 6 heteroatoms. The Morgan fingerprint density at radius 1 is 1.09 bits per heavy atom. The van der Waals surface area contributed by atoms with Crippen molar-refractivity contribution < 1.29 is 19.0 Å². The number of nitrogens with one attached hydrogen (secondary N) is 1. The number of amides is 1. The van der Waals surface area contributed by atoms with Gasteiger partial charge in [0.25, 0.3) is 0 Å². The van der Waals surface area contributed by atoms with E-state index in [4.69, 9.17) is 14.2 Å². The molecule has 124 valence electrons. The van der Waals surface area contributed by atoms with Gasteiger partial charge in [-0.3, -0.25) is 4.79 Å². The minimum atomic E-state index is -0.0203. The van der Waals surface area contributed by atoms with Gasteiger partial charge in [0.05, 0.1) is 27.8 Å². The summed E-state index contributed by atoms with van der Waals surface area (Å²) in [6.07, 6.45) is 1.20. The van der Waals surface area contributed by atoms with Gasteiger partial charge in [-0.25, -0.2) is 0 Å². The summed E-state index contributed by atoms with van der Waals surface area (Å²) < 4.78 is 15.8. The van der Waals surface area contributed by atoms with Crippen molar-refractivity contribution >= 4 is 5.91 Å². The fraction of sp³-hybridized carbons (Fsp3) is 0.562. The molecule has 0 saturated heterocycles. The van der Waals surface area contributed by atoms with Gasteiger partial charge in [-0.2, -0.15) is 0 Å². The third-order valence-electron chi connectivity index (χ3n) is 3.19. The second-order valence-electron chi connectivity index (χ2n) is 5.22. The van der Waals surface area contributed by atoms with E-state index in [-0.39, 0.29) is 12.3 Å². The van der Waals surface area contributed by atoms with E-state index < -0.39 is 0 Å². The molecule has 0 saturated carbocycles. The summed E-state index contributed by atoms with van der Waals surface area (Å²) >= 11 is 0. The molecule has 0 spiro atoms. The minimum Gasteiger partial charge on any atom is -0.493 e. The third-order valence-corrected chi connectivity index (χ3v) is 3.19. The van der Waals surface area contributed by atoms with Crippen molar-refractivity contribution in [1.29, 1.82) is 0 Å². The van der Waals surface area contributed by atoms with Crippen molar-refractivity contribution in [2.75, 3.05) is 48.5 Å². The van der Waals surface area contributed by atoms with Gasteiger partial charge in [-0.05, 0) is 44.8 Å². The second kappa shape index (κ2) is 9.15. The highest BCUT2D eigenvalue weighted by Crippen LogP contribution is 2.38. The molecular weight excluding hydrogens is 284 g/mol. The number of methoxy groups -OCH3 is 3. The molecule has 0 aliphatic heterocycles. The first-order valence-corrected chi connectivity index (χ1v) is 7.22. The number of rotatable bonds is 9. The highest BCUT2D eigenvalue weighted by atomic mass is 16.5. The zero-order valence-corrected chi connectivity index (χ0v) is 14.1. The Balaban J connectivity index is 2.66. The second-order valence-corrected chi connectivity index (χ2v) is 5.22. The summed E-state index contributed by atoms with van der Waals surface area (Å²) in [7, 11) is 8.69. The molecule has 0 heterocycles. The summed E-state index contributed by atoms with van der Waals surface area (Å²) in [5, 5.41) is 2.91. The van der Waals surface area contributed by atoms with E-state index in [1.54, 1.807) is 33.5 Å². The van der Waals surface area contributed by atoms with Crippen LogP contribution in [0.5, 0.6) is 17.2 Å². The van der Waals surface area contributed by atoms with Crippen LogP contribution in [0.4, 0.5) is 0 Å². The minimum absolute atomic E-state index is 0.0203. The van der Waals surface area contributed by atoms with Gasteiger partial charge < -0.3 is 24.4 Å². The third kappa shape index (κ3) is 5.44. The number of hydrogen-bond donors (Lipinski definition) is 1. The first kappa shape index (κ1) is 18.1. The summed E-state index contributed by atoms with van der Waals surface area (Å²) in [5.74, 6) is 1.61. The molecule has 0 radical (unpaired) electrons. The first-order valence-electron chi connectivity index (χ1n) is 7.22. The van der Waals surface area contributed by atoms with E-state index in [0.29, 0.717) is 23.8 Å². The highest BCUT2D eigenvalue weighted by Gasteiger charge is 2.14. The molecule has 0 unspecified atom stereocenters. The van der Waals surface area contributed by atoms with Gasteiger partial charge in [0.1, 0.15) is 0 Å². The molecule has 0 aliphatic carbocycles. The van der Waals surface area contributed by atoms with E-state index in [2.05, 4.69) is 10.2 Å². The number of ether oxygens (including phenoxy) is 3. The molecule has 0 fully saturated rings. The Bertz CT molecular complexity index is 464. The lowest BCUT2D eigenvalue weighted by atomic mass is 10.1. The molecule has 6 nitrogen and oxygen atoms in total. The van der Waals surface area contributed by atoms with Crippen LogP contribution in [0.25, 0.3) is 0 Å². The Kier molecular flexibility index (Phi) is 7.52. The van der Waals surface area contributed by atoms with Gasteiger partial charge in [-0.1, -0.05) is 0 Å². The van der Waals surface area contributed by atoms with Crippen LogP contribution in [0.1, 0.15) is 12.0 Å². The van der Waals surface area contributed by atoms with Gasteiger partial charge >= 0.3 is 0 Å². The fourth-order valence-electron chi connectivity index (χ4n) is 2.11. The Morgan fingerprint density at radius 2 is 1.68 bits per heavy atom. The zero-order valence-electron chi connectivity index (χ0n) is 14.1. The predicted molar refractivity (Wildman–Crippen MR) is 86.0 cm³/mol. The Labute approximate surface area is 132 Å². The molecule has 1 rings (SSSR count). The number of carbonyl (C=O) groups is 1. The molecule has 22 heavy (non-hydrogen) atoms. The van der Waals surface area contributed by atoms with Gasteiger partial charge in [-0.15, -0.1) is 0 Å². The van der Waals surface area contributed by atoms with Gasteiger partial charge in [0.2, 0.25) is 11.7 Å². The number of nitrogens with zero attached hydrogens (tertiary/aromatic N) is 1. The Morgan fingerprint density at radius 3 is 2.14 bits per heavy atom. The van der Waals surface area contributed by atoms with Crippen LogP contribution >= 0.6 is 0 Å². The SMILES string of the molecule is COc1cc(CC(=O)NCCCN(C)C)cc(OC)c1OC. The lowest BCUT2D eigenvalue weighted by Gasteiger charge is -2.14. The van der Waals surface area contributed by atoms with Crippen LogP contribution in [0.3, 0.4) is 0 Å². The molecular formula is C16H26N2O4. The summed E-state index contributed by atoms with van der Waals surface area (Å²) in [6.45, 7) is 1.62. The maximum absolute atomic E-state index is 12.0. The molecule has 0 aliphatic rings. The van der Waals surface area contributed by atoms with Crippen LogP contribution < -0.4 is 19.5 Å². The van der Waals surface area contributed by atoms with Crippen molar-refractivity contribution in [3.05, 3.63) is 17.7 Å². The fourth-order valence-corrected chi connectivity index (χ4v) is 2.11. The molecule has 1 amide bonds. The van der Waals surface area contributed by atoms with Crippen LogP contribution in [-0.2, 0) is 11.2 Å². The molecule has 0 atom stereocenters. The monoisotopic (exact) mass is 310 g/mol. The number of benzene rings is 1. The molecule has 1 aromatic rings. The lowest BCUT2D eigenvalue weighted by molar-refractivity contribution is -0.120. The quantitative estimate of drug-likeness (QED) is 0.697. The highest BCUT2D eigenvalue weighted by molar-refractivity contribution is 5.79. The van der Waals surface area contributed by atoms with Crippen LogP contribution in [0.15, 0.2) is 12.1 Å². The van der Waals surface area contributed by atoms with Crippen molar-refractivity contribution in [3.8, 4) is 17.2 Å². The molecule has 0 bridgehead atoms. The summed E-state index contributed by atoms with van der Waals surface area (Å²) in [4.78, 5) is 14.1. The van der Waals surface area contributed by atoms with E-state index >= 15 is 0 Å². The van der Waals surface area contributed by atoms with Gasteiger partial charge in [0.15, 0.2) is 11.5 Å². The molecule has 1 N–H and O–H groups in total. The van der Waals surface area contributed by atoms with E-state index in [1.165, 1.54) is 0 Å². The topological polar surface area (TPSA) is 60.0 Å². The lowest BCUT2D eigenvalue weighted by Crippen LogP contribution is -2.28. The van der Waals surface area contributed by atoms with Crippen LogP contribution in [0.2, 0.25) is 0 Å². The van der Waals surface area contributed by atoms with E-state index in [0.717, 1.165) is 18.5 Å². The zero-order chi connectivity index (χ0) is 16.5. The van der Waals surface area contributed by atoms with E-state index in [1.807, 2.05) is 14.1 Å². The van der Waals surface area contributed by atoms with Crippen molar-refractivity contribution in [2.24, 2.45) is 0 Å². The number of hydrogen-bond acceptors (Lipinski definition) is 5. The average Bonchev–Trinajstić information content (AvgIpc) is 2.50. The van der Waals surface area contributed by atoms with Crippen molar-refractivity contribution in [1.82, 2.24) is 10.2 Å². The summed E-state index contributed by atoms with van der Waals surface area (Å²) in [5.41, 5.74) is 0.819. The van der Waals surface area contributed by atoms with Gasteiger partial charge in [0, 0.05) is 6.54 Å².